The van der Waals surface area contributed by atoms with E-state index in [1.807, 2.05) is 0 Å². The lowest BCUT2D eigenvalue weighted by atomic mass is 10.2. The minimum absolute atomic E-state index is 0.0535. The summed E-state index contributed by atoms with van der Waals surface area (Å²) in [6.07, 6.45) is 0. The molecule has 0 aliphatic rings. The summed E-state index contributed by atoms with van der Waals surface area (Å²) >= 11 is 3.37. The van der Waals surface area contributed by atoms with Gasteiger partial charge in [0.05, 0.1) is 20.0 Å². The predicted octanol–water partition coefficient (Wildman–Crippen LogP) is 1.91. The van der Waals surface area contributed by atoms with E-state index in [1.54, 1.807) is 26.2 Å². The number of benzene rings is 1. The smallest absolute Gasteiger partial charge is 0.211 e. The Balaban J connectivity index is 2.96. The molecular formula is C11H16BrNO4S. The highest BCUT2D eigenvalue weighted by atomic mass is 79.9. The predicted molar refractivity (Wildman–Crippen MR) is 73.5 cm³/mol. The second-order valence-electron chi connectivity index (χ2n) is 3.52. The molecule has 7 heteroatoms. The van der Waals surface area contributed by atoms with Crippen molar-refractivity contribution in [3.8, 4) is 11.5 Å². The van der Waals surface area contributed by atoms with E-state index in [4.69, 9.17) is 9.47 Å². The van der Waals surface area contributed by atoms with Crippen molar-refractivity contribution >= 4 is 26.0 Å². The highest BCUT2D eigenvalue weighted by Gasteiger charge is 2.12. The quantitative estimate of drug-likeness (QED) is 0.861. The summed E-state index contributed by atoms with van der Waals surface area (Å²) in [6, 6.07) is 3.48. The molecule has 0 saturated carbocycles. The topological polar surface area (TPSA) is 64.6 Å². The number of hydrogen-bond acceptors (Lipinski definition) is 4. The third kappa shape index (κ3) is 3.86. The monoisotopic (exact) mass is 337 g/mol. The molecule has 0 fully saturated rings. The van der Waals surface area contributed by atoms with Crippen molar-refractivity contribution in [1.82, 2.24) is 4.72 Å². The zero-order valence-corrected chi connectivity index (χ0v) is 12.9. The lowest BCUT2D eigenvalue weighted by Gasteiger charge is -2.12. The van der Waals surface area contributed by atoms with Crippen molar-refractivity contribution < 1.29 is 17.9 Å². The number of ether oxygens (including phenoxy) is 2. The summed E-state index contributed by atoms with van der Waals surface area (Å²) in [6.45, 7) is 1.79. The molecule has 0 radical (unpaired) electrons. The summed E-state index contributed by atoms with van der Waals surface area (Å²) < 4.78 is 36.3. The lowest BCUT2D eigenvalue weighted by Crippen LogP contribution is -2.24. The summed E-state index contributed by atoms with van der Waals surface area (Å²) in [5.74, 6) is 1.20. The molecule has 1 rings (SSSR count). The van der Waals surface area contributed by atoms with Gasteiger partial charge >= 0.3 is 0 Å². The number of hydrogen-bond donors (Lipinski definition) is 1. The van der Waals surface area contributed by atoms with Gasteiger partial charge in [0, 0.05) is 11.0 Å². The second kappa shape index (κ2) is 6.40. The molecule has 5 nitrogen and oxygen atoms in total. The van der Waals surface area contributed by atoms with E-state index in [9.17, 15) is 8.42 Å². The van der Waals surface area contributed by atoms with E-state index in [0.29, 0.717) is 11.5 Å². The molecule has 0 aliphatic heterocycles. The molecule has 102 valence electrons. The van der Waals surface area contributed by atoms with Crippen LogP contribution in [0.15, 0.2) is 16.6 Å². The molecule has 0 aliphatic carbocycles. The Morgan fingerprint density at radius 3 is 2.28 bits per heavy atom. The highest BCUT2D eigenvalue weighted by molar-refractivity contribution is 9.10. The van der Waals surface area contributed by atoms with Crippen molar-refractivity contribution in [2.45, 2.75) is 13.5 Å². The van der Waals surface area contributed by atoms with Gasteiger partial charge in [-0.15, -0.1) is 0 Å². The third-order valence-electron chi connectivity index (χ3n) is 2.42. The molecule has 1 aromatic carbocycles. The molecular weight excluding hydrogens is 322 g/mol. The fraction of sp³-hybridized carbons (Fsp3) is 0.455. The SMILES string of the molecule is CCS(=O)(=O)NCc1cc(OC)c(OC)cc1Br. The van der Waals surface area contributed by atoms with Gasteiger partial charge in [-0.3, -0.25) is 0 Å². The Bertz CT molecular complexity index is 516. The lowest BCUT2D eigenvalue weighted by molar-refractivity contribution is 0.354. The standard InChI is InChI=1S/C11H16BrNO4S/c1-4-18(14,15)13-7-8-5-10(16-2)11(17-3)6-9(8)12/h5-6,13H,4,7H2,1-3H3. The molecule has 0 amide bonds. The van der Waals surface area contributed by atoms with Crippen molar-refractivity contribution in [3.63, 3.8) is 0 Å². The Morgan fingerprint density at radius 2 is 1.78 bits per heavy atom. The first-order valence-corrected chi connectivity index (χ1v) is 7.75. The van der Waals surface area contributed by atoms with Crippen molar-refractivity contribution in [3.05, 3.63) is 22.2 Å². The molecule has 0 heterocycles. The summed E-state index contributed by atoms with van der Waals surface area (Å²) in [4.78, 5) is 0. The first-order valence-electron chi connectivity index (χ1n) is 5.31. The van der Waals surface area contributed by atoms with E-state index in [2.05, 4.69) is 20.7 Å². The van der Waals surface area contributed by atoms with Crippen LogP contribution in [0, 0.1) is 0 Å². The van der Waals surface area contributed by atoms with Crippen molar-refractivity contribution in [1.29, 1.82) is 0 Å². The van der Waals surface area contributed by atoms with Crippen LogP contribution in [-0.2, 0) is 16.6 Å². The van der Waals surface area contributed by atoms with Crippen LogP contribution in [0.25, 0.3) is 0 Å². The highest BCUT2D eigenvalue weighted by Crippen LogP contribution is 2.33. The van der Waals surface area contributed by atoms with Gasteiger partial charge in [0.1, 0.15) is 0 Å². The van der Waals surface area contributed by atoms with Gasteiger partial charge in [0.15, 0.2) is 11.5 Å². The van der Waals surface area contributed by atoms with Gasteiger partial charge in [-0.2, -0.15) is 0 Å². The number of methoxy groups -OCH3 is 2. The van der Waals surface area contributed by atoms with E-state index < -0.39 is 10.0 Å². The Kier molecular flexibility index (Phi) is 5.43. The second-order valence-corrected chi connectivity index (χ2v) is 6.47. The van der Waals surface area contributed by atoms with E-state index >= 15 is 0 Å². The first-order chi connectivity index (χ1) is 8.43. The van der Waals surface area contributed by atoms with Crippen molar-refractivity contribution in [2.24, 2.45) is 0 Å². The summed E-state index contributed by atoms with van der Waals surface area (Å²) in [5, 5.41) is 0. The van der Waals surface area contributed by atoms with Gasteiger partial charge in [-0.1, -0.05) is 15.9 Å². The molecule has 0 unspecified atom stereocenters. The van der Waals surface area contributed by atoms with Crippen LogP contribution in [0.5, 0.6) is 11.5 Å². The zero-order valence-electron chi connectivity index (χ0n) is 10.5. The number of rotatable bonds is 6. The van der Waals surface area contributed by atoms with Crippen LogP contribution in [0.3, 0.4) is 0 Å². The van der Waals surface area contributed by atoms with Crippen LogP contribution in [-0.4, -0.2) is 28.4 Å². The average Bonchev–Trinajstić information content (AvgIpc) is 2.36. The molecule has 0 spiro atoms. The van der Waals surface area contributed by atoms with E-state index in [-0.39, 0.29) is 12.3 Å². The molecule has 1 N–H and O–H groups in total. The molecule has 0 atom stereocenters. The zero-order chi connectivity index (χ0) is 13.8. The number of sulfonamides is 1. The van der Waals surface area contributed by atoms with Crippen molar-refractivity contribution in [2.75, 3.05) is 20.0 Å². The Hall–Kier alpha value is -0.790. The maximum absolute atomic E-state index is 11.4. The van der Waals surface area contributed by atoms with Crippen LogP contribution >= 0.6 is 15.9 Å². The van der Waals surface area contributed by atoms with Crippen LogP contribution in [0.1, 0.15) is 12.5 Å². The largest absolute Gasteiger partial charge is 0.493 e. The molecule has 18 heavy (non-hydrogen) atoms. The Morgan fingerprint density at radius 1 is 1.22 bits per heavy atom. The summed E-state index contributed by atoms with van der Waals surface area (Å²) in [5.41, 5.74) is 0.782. The number of nitrogens with one attached hydrogen (secondary N) is 1. The third-order valence-corrected chi connectivity index (χ3v) is 4.50. The maximum atomic E-state index is 11.4. The molecule has 0 bridgehead atoms. The summed E-state index contributed by atoms with van der Waals surface area (Å²) in [7, 11) is -0.134. The van der Waals surface area contributed by atoms with Crippen LogP contribution in [0.2, 0.25) is 0 Å². The van der Waals surface area contributed by atoms with Gasteiger partial charge in [-0.05, 0) is 24.6 Å². The normalized spacial score (nSPS) is 11.3. The fourth-order valence-electron chi connectivity index (χ4n) is 1.32. The van der Waals surface area contributed by atoms with Gasteiger partial charge in [-0.25, -0.2) is 13.1 Å². The van der Waals surface area contributed by atoms with E-state index in [1.165, 1.54) is 7.11 Å². The van der Waals surface area contributed by atoms with Gasteiger partial charge < -0.3 is 9.47 Å². The first kappa shape index (κ1) is 15.3. The molecule has 1 aromatic rings. The van der Waals surface area contributed by atoms with Gasteiger partial charge in [0.25, 0.3) is 0 Å². The molecule has 0 saturated heterocycles. The van der Waals surface area contributed by atoms with Crippen LogP contribution < -0.4 is 14.2 Å². The minimum atomic E-state index is -3.21. The number of halogens is 1. The fourth-order valence-corrected chi connectivity index (χ4v) is 2.36. The Labute approximate surface area is 116 Å². The minimum Gasteiger partial charge on any atom is -0.493 e. The average molecular weight is 338 g/mol. The van der Waals surface area contributed by atoms with E-state index in [0.717, 1.165) is 10.0 Å². The van der Waals surface area contributed by atoms with Crippen LogP contribution in [0.4, 0.5) is 0 Å². The molecule has 0 aromatic heterocycles. The van der Waals surface area contributed by atoms with Gasteiger partial charge in [0.2, 0.25) is 10.0 Å². The maximum Gasteiger partial charge on any atom is 0.211 e.